The van der Waals surface area contributed by atoms with E-state index in [1.54, 1.807) is 7.11 Å². The van der Waals surface area contributed by atoms with E-state index >= 15 is 0 Å². The van der Waals surface area contributed by atoms with Crippen molar-refractivity contribution in [1.82, 2.24) is 0 Å². The molecule has 0 saturated heterocycles. The van der Waals surface area contributed by atoms with Crippen molar-refractivity contribution in [3.05, 3.63) is 65.2 Å². The van der Waals surface area contributed by atoms with Gasteiger partial charge in [0, 0.05) is 11.0 Å². The number of hydrogen-bond donors (Lipinski definition) is 0. The molecule has 2 aromatic rings. The first-order chi connectivity index (χ1) is 11.2. The Hall–Kier alpha value is -2.09. The first-order valence-corrected chi connectivity index (χ1v) is 8.51. The van der Waals surface area contributed by atoms with Gasteiger partial charge in [-0.15, -0.1) is 0 Å². The normalized spacial score (nSPS) is 25.8. The fraction of sp³-hybridized carbons (Fsp3) is 0.381. The number of carbonyl (C=O) groups is 1. The lowest BCUT2D eigenvalue weighted by atomic mass is 9.63. The van der Waals surface area contributed by atoms with Gasteiger partial charge in [-0.2, -0.15) is 0 Å². The molecule has 2 aliphatic carbocycles. The van der Waals surface area contributed by atoms with Gasteiger partial charge in [0.1, 0.15) is 5.75 Å². The summed E-state index contributed by atoms with van der Waals surface area (Å²) in [6.45, 7) is 0. The summed E-state index contributed by atoms with van der Waals surface area (Å²) in [6, 6.07) is 16.5. The van der Waals surface area contributed by atoms with Gasteiger partial charge < -0.3 is 4.74 Å². The van der Waals surface area contributed by atoms with Gasteiger partial charge >= 0.3 is 0 Å². The molecule has 118 valence electrons. The van der Waals surface area contributed by atoms with E-state index in [2.05, 4.69) is 24.3 Å². The third-order valence-electron chi connectivity index (χ3n) is 5.74. The fourth-order valence-corrected chi connectivity index (χ4v) is 4.64. The van der Waals surface area contributed by atoms with Crippen LogP contribution in [0.25, 0.3) is 0 Å². The van der Waals surface area contributed by atoms with E-state index in [1.807, 2.05) is 24.3 Å². The molecule has 2 unspecified atom stereocenters. The maximum Gasteiger partial charge on any atom is 0.170 e. The lowest BCUT2D eigenvalue weighted by Crippen LogP contribution is -2.36. The van der Waals surface area contributed by atoms with Crippen molar-refractivity contribution < 1.29 is 9.53 Å². The maximum atomic E-state index is 13.3. The Kier molecular flexibility index (Phi) is 3.48. The zero-order valence-electron chi connectivity index (χ0n) is 13.5. The average molecular weight is 306 g/mol. The second-order valence-corrected chi connectivity index (χ2v) is 6.90. The molecule has 0 bridgehead atoms. The summed E-state index contributed by atoms with van der Waals surface area (Å²) in [6.07, 6.45) is 5.38. The Morgan fingerprint density at radius 1 is 1.09 bits per heavy atom. The topological polar surface area (TPSA) is 26.3 Å². The van der Waals surface area contributed by atoms with E-state index in [0.717, 1.165) is 37.0 Å². The van der Waals surface area contributed by atoms with Crippen LogP contribution in [-0.2, 0) is 6.42 Å². The van der Waals surface area contributed by atoms with Gasteiger partial charge in [-0.25, -0.2) is 0 Å². The predicted octanol–water partition coefficient (Wildman–Crippen LogP) is 4.78. The first kappa shape index (κ1) is 14.5. The second-order valence-electron chi connectivity index (χ2n) is 6.90. The molecule has 0 aliphatic heterocycles. The van der Waals surface area contributed by atoms with Gasteiger partial charge in [0.2, 0.25) is 0 Å². The molecule has 1 saturated carbocycles. The average Bonchev–Trinajstić information content (AvgIpc) is 2.85. The van der Waals surface area contributed by atoms with Gasteiger partial charge in [-0.3, -0.25) is 4.79 Å². The van der Waals surface area contributed by atoms with Crippen molar-refractivity contribution in [2.75, 3.05) is 7.11 Å². The summed E-state index contributed by atoms with van der Waals surface area (Å²) in [5.74, 6) is 1.63. The van der Waals surface area contributed by atoms with E-state index in [-0.39, 0.29) is 5.41 Å². The van der Waals surface area contributed by atoms with E-state index in [0.29, 0.717) is 11.7 Å². The van der Waals surface area contributed by atoms with E-state index in [4.69, 9.17) is 4.74 Å². The minimum atomic E-state index is -0.226. The summed E-state index contributed by atoms with van der Waals surface area (Å²) in [7, 11) is 1.68. The van der Waals surface area contributed by atoms with Crippen LogP contribution in [0.15, 0.2) is 48.5 Å². The third-order valence-corrected chi connectivity index (χ3v) is 5.74. The van der Waals surface area contributed by atoms with Crippen LogP contribution in [0, 0.1) is 5.41 Å². The fourth-order valence-electron chi connectivity index (χ4n) is 4.64. The van der Waals surface area contributed by atoms with Gasteiger partial charge in [0.05, 0.1) is 7.11 Å². The van der Waals surface area contributed by atoms with Crippen LogP contribution in [0.3, 0.4) is 0 Å². The van der Waals surface area contributed by atoms with Gasteiger partial charge in [0.15, 0.2) is 5.78 Å². The number of rotatable bonds is 3. The molecule has 2 aliphatic rings. The zero-order valence-corrected chi connectivity index (χ0v) is 13.5. The second kappa shape index (κ2) is 5.52. The predicted molar refractivity (Wildman–Crippen MR) is 91.1 cm³/mol. The van der Waals surface area contributed by atoms with E-state index < -0.39 is 0 Å². The van der Waals surface area contributed by atoms with Crippen molar-refractivity contribution in [3.63, 3.8) is 0 Å². The van der Waals surface area contributed by atoms with Crippen LogP contribution >= 0.6 is 0 Å². The molecule has 23 heavy (non-hydrogen) atoms. The highest BCUT2D eigenvalue weighted by molar-refractivity contribution is 6.06. The highest BCUT2D eigenvalue weighted by Crippen LogP contribution is 2.56. The SMILES string of the molecule is COc1ccc(CC23CCCCC2c2ccccc2C3=O)cc1. The quantitative estimate of drug-likeness (QED) is 0.816. The molecule has 0 radical (unpaired) electrons. The molecule has 0 N–H and O–H groups in total. The molecule has 2 heteroatoms. The number of ether oxygens (including phenoxy) is 1. The molecular weight excluding hydrogens is 284 g/mol. The smallest absolute Gasteiger partial charge is 0.170 e. The summed E-state index contributed by atoms with van der Waals surface area (Å²) < 4.78 is 5.25. The van der Waals surface area contributed by atoms with Gasteiger partial charge in [-0.05, 0) is 48.4 Å². The molecule has 2 nitrogen and oxygen atoms in total. The van der Waals surface area contributed by atoms with Crippen LogP contribution < -0.4 is 4.74 Å². The molecule has 0 amide bonds. The molecule has 0 aromatic heterocycles. The molecule has 2 aromatic carbocycles. The Balaban J connectivity index is 1.73. The highest BCUT2D eigenvalue weighted by atomic mass is 16.5. The summed E-state index contributed by atoms with van der Waals surface area (Å²) in [5, 5.41) is 0. The Morgan fingerprint density at radius 3 is 2.65 bits per heavy atom. The van der Waals surface area contributed by atoms with Crippen LogP contribution in [0.2, 0.25) is 0 Å². The van der Waals surface area contributed by atoms with Gasteiger partial charge in [0.25, 0.3) is 0 Å². The molecule has 0 heterocycles. The monoisotopic (exact) mass is 306 g/mol. The van der Waals surface area contributed by atoms with E-state index in [1.165, 1.54) is 17.5 Å². The Morgan fingerprint density at radius 2 is 1.87 bits per heavy atom. The van der Waals surface area contributed by atoms with Crippen LogP contribution in [-0.4, -0.2) is 12.9 Å². The number of fused-ring (bicyclic) bond motifs is 3. The minimum Gasteiger partial charge on any atom is -0.497 e. The Bertz CT molecular complexity index is 732. The van der Waals surface area contributed by atoms with Crippen molar-refractivity contribution in [2.45, 2.75) is 38.0 Å². The van der Waals surface area contributed by atoms with Crippen molar-refractivity contribution >= 4 is 5.78 Å². The molecule has 0 spiro atoms. The van der Waals surface area contributed by atoms with Crippen molar-refractivity contribution in [2.24, 2.45) is 5.41 Å². The van der Waals surface area contributed by atoms with Crippen molar-refractivity contribution in [1.29, 1.82) is 0 Å². The number of carbonyl (C=O) groups excluding carboxylic acids is 1. The van der Waals surface area contributed by atoms with Gasteiger partial charge in [-0.1, -0.05) is 49.2 Å². The number of Topliss-reactive ketones (excluding diaryl/α,β-unsaturated/α-hetero) is 1. The first-order valence-electron chi connectivity index (χ1n) is 8.51. The number of methoxy groups -OCH3 is 1. The lowest BCUT2D eigenvalue weighted by Gasteiger charge is -2.38. The summed E-state index contributed by atoms with van der Waals surface area (Å²) in [5.41, 5.74) is 3.26. The number of benzene rings is 2. The Labute approximate surface area is 137 Å². The maximum absolute atomic E-state index is 13.3. The molecular formula is C21H22O2. The summed E-state index contributed by atoms with van der Waals surface area (Å²) >= 11 is 0. The lowest BCUT2D eigenvalue weighted by molar-refractivity contribution is 0.0705. The van der Waals surface area contributed by atoms with Crippen molar-refractivity contribution in [3.8, 4) is 5.75 Å². The molecule has 1 fully saturated rings. The summed E-state index contributed by atoms with van der Waals surface area (Å²) in [4.78, 5) is 13.3. The number of hydrogen-bond acceptors (Lipinski definition) is 2. The standard InChI is InChI=1S/C21H22O2/c1-23-16-11-9-15(10-12-16)14-21-13-5-4-8-19(21)17-6-2-3-7-18(17)20(21)22/h2-3,6-7,9-12,19H,4-5,8,13-14H2,1H3. The highest BCUT2D eigenvalue weighted by Gasteiger charge is 2.53. The van der Waals surface area contributed by atoms with Crippen LogP contribution in [0.4, 0.5) is 0 Å². The molecule has 2 atom stereocenters. The minimum absolute atomic E-state index is 0.226. The van der Waals surface area contributed by atoms with Crippen LogP contribution in [0.1, 0.15) is 53.1 Å². The zero-order chi connectivity index (χ0) is 15.9. The number of ketones is 1. The van der Waals surface area contributed by atoms with E-state index in [9.17, 15) is 4.79 Å². The molecule has 4 rings (SSSR count). The van der Waals surface area contributed by atoms with Crippen LogP contribution in [0.5, 0.6) is 5.75 Å². The largest absolute Gasteiger partial charge is 0.497 e. The third kappa shape index (κ3) is 2.20.